The van der Waals surface area contributed by atoms with Crippen molar-refractivity contribution in [1.82, 2.24) is 17.3 Å². The highest BCUT2D eigenvalue weighted by atomic mass is 27.1. The SMILES string of the molecule is [AlH2][n]1c2ccc(-c3ccc4c(c3)c3ccc5ccn(-c6ccccc6)c5c3n4-c3ccccc3)cc2c2ccc3c(ccn3-c3ccccc3)c21. The van der Waals surface area contributed by atoms with E-state index in [9.17, 15) is 0 Å². The fraction of sp³-hybridized carbons (Fsp3) is 0. The maximum atomic E-state index is 2.50. The van der Waals surface area contributed by atoms with Crippen molar-refractivity contribution in [3.8, 4) is 28.2 Å². The lowest BCUT2D eigenvalue weighted by Crippen LogP contribution is -1.97. The molecule has 0 radical (unpaired) electrons. The minimum atomic E-state index is 0.897. The van der Waals surface area contributed by atoms with Crippen LogP contribution in [-0.4, -0.2) is 33.8 Å². The van der Waals surface area contributed by atoms with Gasteiger partial charge in [-0.1, -0.05) is 84.9 Å². The van der Waals surface area contributed by atoms with Gasteiger partial charge in [0.05, 0.1) is 22.1 Å². The van der Waals surface area contributed by atoms with Crippen molar-refractivity contribution < 1.29 is 0 Å². The van der Waals surface area contributed by atoms with Crippen molar-refractivity contribution in [2.24, 2.45) is 0 Å². The minimum Gasteiger partial charge on any atom is -0.440 e. The fourth-order valence-corrected chi connectivity index (χ4v) is 9.36. The molecular weight excluding hydrogens is 636 g/mol. The molecule has 0 amide bonds. The smallest absolute Gasteiger partial charge is 0.370 e. The van der Waals surface area contributed by atoms with Crippen LogP contribution in [0.1, 0.15) is 0 Å². The number of fused-ring (bicyclic) bond motifs is 10. The van der Waals surface area contributed by atoms with E-state index < -0.39 is 0 Å². The Morgan fingerprint density at radius 1 is 0.353 bits per heavy atom. The predicted octanol–water partition coefficient (Wildman–Crippen LogP) is 10.8. The Morgan fingerprint density at radius 3 is 1.61 bits per heavy atom. The molecule has 11 rings (SSSR count). The van der Waals surface area contributed by atoms with Crippen LogP contribution in [0.25, 0.3) is 93.6 Å². The Hall–Kier alpha value is -6.25. The van der Waals surface area contributed by atoms with Gasteiger partial charge in [0.1, 0.15) is 0 Å². The number of nitrogens with zero attached hydrogens (tertiary/aromatic N) is 4. The van der Waals surface area contributed by atoms with Gasteiger partial charge in [0.25, 0.3) is 0 Å². The van der Waals surface area contributed by atoms with Crippen molar-refractivity contribution >= 4 is 81.9 Å². The molecule has 0 saturated carbocycles. The van der Waals surface area contributed by atoms with Crippen LogP contribution in [0.4, 0.5) is 0 Å². The molecule has 4 nitrogen and oxygen atoms in total. The van der Waals surface area contributed by atoms with Crippen LogP contribution in [0.2, 0.25) is 0 Å². The Morgan fingerprint density at radius 2 is 0.902 bits per heavy atom. The maximum absolute atomic E-state index is 2.50. The number of benzene rings is 7. The van der Waals surface area contributed by atoms with E-state index in [0.717, 1.165) is 27.9 Å². The van der Waals surface area contributed by atoms with Crippen LogP contribution in [0.15, 0.2) is 176 Å². The van der Waals surface area contributed by atoms with Crippen molar-refractivity contribution in [3.63, 3.8) is 0 Å². The van der Waals surface area contributed by atoms with E-state index in [1.165, 1.54) is 82.2 Å². The van der Waals surface area contributed by atoms with Gasteiger partial charge in [0, 0.05) is 72.8 Å². The van der Waals surface area contributed by atoms with Crippen LogP contribution < -0.4 is 0 Å². The van der Waals surface area contributed by atoms with Crippen LogP contribution in [0, 0.1) is 0 Å². The zero-order valence-corrected chi connectivity index (χ0v) is 30.0. The summed E-state index contributed by atoms with van der Waals surface area (Å²) in [6, 6.07) is 59.8. The van der Waals surface area contributed by atoms with Crippen LogP contribution in [0.5, 0.6) is 0 Å². The van der Waals surface area contributed by atoms with Gasteiger partial charge in [-0.15, -0.1) is 0 Å². The van der Waals surface area contributed by atoms with Gasteiger partial charge >= 0.3 is 16.5 Å². The molecular formula is C46H31AlN4. The van der Waals surface area contributed by atoms with E-state index in [2.05, 4.69) is 193 Å². The quantitative estimate of drug-likeness (QED) is 0.167. The van der Waals surface area contributed by atoms with E-state index >= 15 is 0 Å². The summed E-state index contributed by atoms with van der Waals surface area (Å²) in [7, 11) is 0. The topological polar surface area (TPSA) is 19.7 Å². The zero-order chi connectivity index (χ0) is 33.6. The third kappa shape index (κ3) is 4.14. The highest BCUT2D eigenvalue weighted by Crippen LogP contribution is 2.41. The van der Waals surface area contributed by atoms with Gasteiger partial charge in [0.2, 0.25) is 0 Å². The van der Waals surface area contributed by atoms with Crippen LogP contribution in [0.3, 0.4) is 0 Å². The summed E-state index contributed by atoms with van der Waals surface area (Å²) in [5.74, 6) is 0. The summed E-state index contributed by atoms with van der Waals surface area (Å²) in [5.41, 5.74) is 13.5. The first-order valence-corrected chi connectivity index (χ1v) is 18.4. The molecule has 0 aliphatic rings. The molecule has 0 N–H and O–H groups in total. The van der Waals surface area contributed by atoms with Gasteiger partial charge in [-0.2, -0.15) is 0 Å². The summed E-state index contributed by atoms with van der Waals surface area (Å²) in [6.45, 7) is 0. The molecule has 0 unspecified atom stereocenters. The third-order valence-electron chi connectivity index (χ3n) is 10.8. The number of hydrogen-bond donors (Lipinski definition) is 0. The second-order valence-corrected chi connectivity index (χ2v) is 14.4. The van der Waals surface area contributed by atoms with Crippen molar-refractivity contribution in [2.75, 3.05) is 0 Å². The molecule has 5 heteroatoms. The Kier molecular flexibility index (Phi) is 6.09. The number of hydrogen-bond acceptors (Lipinski definition) is 0. The Bertz CT molecular complexity index is 3130. The summed E-state index contributed by atoms with van der Waals surface area (Å²) in [6.07, 6.45) is 4.40. The molecule has 51 heavy (non-hydrogen) atoms. The zero-order valence-electron chi connectivity index (χ0n) is 28.0. The minimum absolute atomic E-state index is 0.897. The summed E-state index contributed by atoms with van der Waals surface area (Å²) in [5, 5.41) is 7.65. The highest BCUT2D eigenvalue weighted by Gasteiger charge is 2.19. The fourth-order valence-electron chi connectivity index (χ4n) is 8.49. The second-order valence-electron chi connectivity index (χ2n) is 13.5. The molecule has 0 aliphatic carbocycles. The van der Waals surface area contributed by atoms with Crippen LogP contribution >= 0.6 is 0 Å². The van der Waals surface area contributed by atoms with Gasteiger partial charge in [-0.05, 0) is 90.0 Å². The standard InChI is InChI=1S/C46H29N4.Al.2H/c1-4-10-33(11-5-1)48-27-25-38-42(48)23-20-36-39-28-31(17-21-41(39)47-44(36)38)32-18-22-43-40(29-32)37-19-16-30-24-26-49(34-12-6-2-7-13-34)45(30)46(37)50(43)35-14-8-3-9-15-35;;;/h1-29H;;;/q-1;+1;;. The molecule has 0 saturated heterocycles. The molecule has 4 aromatic heterocycles. The molecule has 7 aromatic carbocycles. The second kappa shape index (κ2) is 10.9. The predicted molar refractivity (Wildman–Crippen MR) is 217 cm³/mol. The van der Waals surface area contributed by atoms with Crippen molar-refractivity contribution in [3.05, 3.63) is 176 Å². The lowest BCUT2D eigenvalue weighted by atomic mass is 10.00. The van der Waals surface area contributed by atoms with E-state index in [0.29, 0.717) is 0 Å². The van der Waals surface area contributed by atoms with Gasteiger partial charge < -0.3 is 17.3 Å². The molecule has 0 bridgehead atoms. The lowest BCUT2D eigenvalue weighted by Gasteiger charge is -2.11. The Balaban J connectivity index is 1.13. The first-order valence-electron chi connectivity index (χ1n) is 17.5. The first kappa shape index (κ1) is 28.6. The van der Waals surface area contributed by atoms with Gasteiger partial charge in [0.15, 0.2) is 0 Å². The molecule has 11 aromatic rings. The van der Waals surface area contributed by atoms with Gasteiger partial charge in [-0.25, -0.2) is 0 Å². The third-order valence-corrected chi connectivity index (χ3v) is 11.8. The number of rotatable bonds is 4. The van der Waals surface area contributed by atoms with Gasteiger partial charge in [-0.3, -0.25) is 0 Å². The largest absolute Gasteiger partial charge is 0.440 e. The lowest BCUT2D eigenvalue weighted by molar-refractivity contribution is 1.12. The van der Waals surface area contributed by atoms with E-state index in [4.69, 9.17) is 0 Å². The average Bonchev–Trinajstić information content (AvgIpc) is 3.96. The number of aromatic nitrogens is 4. The monoisotopic (exact) mass is 666 g/mol. The number of para-hydroxylation sites is 3. The molecule has 0 spiro atoms. The molecule has 4 heterocycles. The van der Waals surface area contributed by atoms with E-state index in [-0.39, 0.29) is 0 Å². The molecule has 0 fully saturated rings. The van der Waals surface area contributed by atoms with E-state index in [1.54, 1.807) is 0 Å². The average molecular weight is 667 g/mol. The molecule has 238 valence electrons. The van der Waals surface area contributed by atoms with Crippen LogP contribution in [-0.2, 0) is 0 Å². The highest BCUT2D eigenvalue weighted by molar-refractivity contribution is 6.27. The molecule has 0 atom stereocenters. The maximum Gasteiger partial charge on any atom is 0.370 e. The summed E-state index contributed by atoms with van der Waals surface area (Å²) in [4.78, 5) is 0. The van der Waals surface area contributed by atoms with E-state index in [1.807, 2.05) is 0 Å². The Labute approximate surface area is 302 Å². The summed E-state index contributed by atoms with van der Waals surface area (Å²) < 4.78 is 9.57. The normalized spacial score (nSPS) is 12.0. The van der Waals surface area contributed by atoms with Crippen molar-refractivity contribution in [2.45, 2.75) is 0 Å². The molecule has 0 aliphatic heterocycles. The van der Waals surface area contributed by atoms with Crippen molar-refractivity contribution in [1.29, 1.82) is 0 Å². The first-order chi connectivity index (χ1) is 25.2. The summed E-state index contributed by atoms with van der Waals surface area (Å²) >= 11 is 0.897.